The minimum Gasteiger partial charge on any atom is -0.383 e. The van der Waals surface area contributed by atoms with E-state index in [-0.39, 0.29) is 17.8 Å². The molecule has 0 spiro atoms. The maximum Gasteiger partial charge on any atom is 0.415 e. The third-order valence-electron chi connectivity index (χ3n) is 2.87. The second kappa shape index (κ2) is 4.85. The highest BCUT2D eigenvalue weighted by Crippen LogP contribution is 2.32. The van der Waals surface area contributed by atoms with Crippen molar-refractivity contribution in [1.29, 1.82) is 0 Å². The highest BCUT2D eigenvalue weighted by molar-refractivity contribution is 5.00. The Morgan fingerprint density at radius 3 is 2.72 bits per heavy atom. The van der Waals surface area contributed by atoms with Crippen LogP contribution in [0.3, 0.4) is 0 Å². The lowest BCUT2D eigenvalue weighted by Crippen LogP contribution is -2.33. The molecule has 2 heterocycles. The van der Waals surface area contributed by atoms with Crippen LogP contribution in [0.2, 0.25) is 0 Å². The molecular formula is C10H13F3N2O3. The molecule has 0 aromatic carbocycles. The van der Waals surface area contributed by atoms with Gasteiger partial charge in [0.2, 0.25) is 11.7 Å². The molecule has 2 rings (SSSR count). The zero-order valence-corrected chi connectivity index (χ0v) is 9.65. The van der Waals surface area contributed by atoms with E-state index >= 15 is 0 Å². The van der Waals surface area contributed by atoms with Gasteiger partial charge in [-0.3, -0.25) is 0 Å². The Morgan fingerprint density at radius 1 is 1.44 bits per heavy atom. The molecule has 1 aromatic heterocycles. The van der Waals surface area contributed by atoms with E-state index in [1.165, 1.54) is 6.92 Å². The van der Waals surface area contributed by atoms with Crippen LogP contribution < -0.4 is 0 Å². The van der Waals surface area contributed by atoms with Crippen LogP contribution in [-0.4, -0.2) is 34.1 Å². The monoisotopic (exact) mass is 266 g/mol. The second-order valence-electron chi connectivity index (χ2n) is 4.27. The van der Waals surface area contributed by atoms with Crippen LogP contribution in [0.15, 0.2) is 4.52 Å². The Kier molecular flexibility index (Phi) is 3.58. The molecule has 18 heavy (non-hydrogen) atoms. The smallest absolute Gasteiger partial charge is 0.383 e. The number of ether oxygens (including phenoxy) is 1. The molecule has 1 saturated heterocycles. The van der Waals surface area contributed by atoms with Gasteiger partial charge < -0.3 is 14.4 Å². The van der Waals surface area contributed by atoms with Gasteiger partial charge in [0.15, 0.2) is 6.10 Å². The molecular weight excluding hydrogens is 253 g/mol. The maximum absolute atomic E-state index is 12.3. The van der Waals surface area contributed by atoms with Crippen LogP contribution >= 0.6 is 0 Å². The van der Waals surface area contributed by atoms with Crippen LogP contribution in [0, 0.1) is 0 Å². The van der Waals surface area contributed by atoms with E-state index in [4.69, 9.17) is 14.4 Å². The Bertz CT molecular complexity index is 401. The molecule has 3 unspecified atom stereocenters. The van der Waals surface area contributed by atoms with E-state index in [1.54, 1.807) is 0 Å². The molecule has 0 aliphatic carbocycles. The van der Waals surface area contributed by atoms with Crippen molar-refractivity contribution in [2.75, 3.05) is 6.61 Å². The fraction of sp³-hybridized carbons (Fsp3) is 0.800. The first-order valence-electron chi connectivity index (χ1n) is 5.59. The fourth-order valence-corrected chi connectivity index (χ4v) is 1.76. The van der Waals surface area contributed by atoms with E-state index in [2.05, 4.69) is 10.1 Å². The SMILES string of the molecule is CC(c1nc(C2CCCO2)no1)C(O)C(F)(F)F. The average Bonchev–Trinajstić information content (AvgIpc) is 2.95. The third kappa shape index (κ3) is 2.64. The molecule has 1 aliphatic heterocycles. The van der Waals surface area contributed by atoms with Crippen molar-refractivity contribution in [2.45, 2.75) is 44.1 Å². The summed E-state index contributed by atoms with van der Waals surface area (Å²) in [7, 11) is 0. The molecule has 1 aromatic rings. The first-order valence-corrected chi connectivity index (χ1v) is 5.59. The largest absolute Gasteiger partial charge is 0.415 e. The van der Waals surface area contributed by atoms with Crippen molar-refractivity contribution in [1.82, 2.24) is 10.1 Å². The van der Waals surface area contributed by atoms with Crippen molar-refractivity contribution in [3.05, 3.63) is 11.7 Å². The van der Waals surface area contributed by atoms with Gasteiger partial charge in [-0.05, 0) is 12.8 Å². The van der Waals surface area contributed by atoms with Crippen molar-refractivity contribution >= 4 is 0 Å². The third-order valence-corrected chi connectivity index (χ3v) is 2.87. The zero-order chi connectivity index (χ0) is 13.3. The number of hydrogen-bond acceptors (Lipinski definition) is 5. The molecule has 0 radical (unpaired) electrons. The van der Waals surface area contributed by atoms with Crippen molar-refractivity contribution in [3.63, 3.8) is 0 Å². The summed E-state index contributed by atoms with van der Waals surface area (Å²) in [4.78, 5) is 3.86. The summed E-state index contributed by atoms with van der Waals surface area (Å²) in [5.41, 5.74) is 0. The maximum atomic E-state index is 12.3. The molecule has 0 amide bonds. The highest BCUT2D eigenvalue weighted by atomic mass is 19.4. The van der Waals surface area contributed by atoms with E-state index < -0.39 is 18.2 Å². The quantitative estimate of drug-likeness (QED) is 0.905. The predicted molar refractivity (Wildman–Crippen MR) is 52.7 cm³/mol. The second-order valence-corrected chi connectivity index (χ2v) is 4.27. The number of aromatic nitrogens is 2. The van der Waals surface area contributed by atoms with E-state index in [1.807, 2.05) is 0 Å². The van der Waals surface area contributed by atoms with Gasteiger partial charge in [-0.1, -0.05) is 12.1 Å². The summed E-state index contributed by atoms with van der Waals surface area (Å²) < 4.78 is 47.0. The molecule has 1 N–H and O–H groups in total. The molecule has 0 bridgehead atoms. The normalized spacial score (nSPS) is 24.2. The molecule has 3 atom stereocenters. The predicted octanol–water partition coefficient (Wildman–Crippen LogP) is 1.95. The van der Waals surface area contributed by atoms with Crippen LogP contribution in [0.25, 0.3) is 0 Å². The number of nitrogens with zero attached hydrogens (tertiary/aromatic N) is 2. The number of halogens is 3. The zero-order valence-electron chi connectivity index (χ0n) is 9.65. The molecule has 5 nitrogen and oxygen atoms in total. The summed E-state index contributed by atoms with van der Waals surface area (Å²) in [5.74, 6) is -1.29. The summed E-state index contributed by atoms with van der Waals surface area (Å²) in [6.45, 7) is 1.76. The molecule has 8 heteroatoms. The molecule has 1 fully saturated rings. The Hall–Kier alpha value is -1.15. The van der Waals surface area contributed by atoms with E-state index in [9.17, 15) is 13.2 Å². The van der Waals surface area contributed by atoms with Crippen molar-refractivity contribution < 1.29 is 27.5 Å². The number of hydrogen-bond donors (Lipinski definition) is 1. The first kappa shape index (κ1) is 13.3. The van der Waals surface area contributed by atoms with Gasteiger partial charge in [-0.2, -0.15) is 18.2 Å². The minimum atomic E-state index is -4.71. The summed E-state index contributed by atoms with van der Waals surface area (Å²) in [6.07, 6.45) is -5.98. The molecule has 102 valence electrons. The molecule has 0 saturated carbocycles. The van der Waals surface area contributed by atoms with E-state index in [0.29, 0.717) is 6.61 Å². The fourth-order valence-electron chi connectivity index (χ4n) is 1.76. The lowest BCUT2D eigenvalue weighted by atomic mass is 10.0. The van der Waals surface area contributed by atoms with Crippen LogP contribution in [0.5, 0.6) is 0 Å². The Labute approximate surface area is 101 Å². The minimum absolute atomic E-state index is 0.231. The standard InChI is InChI=1S/C10H13F3N2O3/c1-5(7(16)10(11,12)13)9-14-8(15-18-9)6-3-2-4-17-6/h5-7,16H,2-4H2,1H3. The number of aliphatic hydroxyl groups excluding tert-OH is 1. The van der Waals surface area contributed by atoms with E-state index in [0.717, 1.165) is 12.8 Å². The van der Waals surface area contributed by atoms with Gasteiger partial charge in [0.1, 0.15) is 6.10 Å². The Balaban J connectivity index is 2.09. The van der Waals surface area contributed by atoms with Gasteiger partial charge >= 0.3 is 6.18 Å². The van der Waals surface area contributed by atoms with Gasteiger partial charge in [0.25, 0.3) is 0 Å². The number of alkyl halides is 3. The topological polar surface area (TPSA) is 68.4 Å². The first-order chi connectivity index (χ1) is 8.39. The number of aliphatic hydroxyl groups is 1. The van der Waals surface area contributed by atoms with Gasteiger partial charge in [0.05, 0.1) is 5.92 Å². The average molecular weight is 266 g/mol. The highest BCUT2D eigenvalue weighted by Gasteiger charge is 2.44. The van der Waals surface area contributed by atoms with Gasteiger partial charge in [0, 0.05) is 6.61 Å². The molecule has 1 aliphatic rings. The number of rotatable bonds is 3. The Morgan fingerprint density at radius 2 is 2.17 bits per heavy atom. The van der Waals surface area contributed by atoms with Gasteiger partial charge in [-0.25, -0.2) is 0 Å². The summed E-state index contributed by atoms with van der Waals surface area (Å²) in [6, 6.07) is 0. The summed E-state index contributed by atoms with van der Waals surface area (Å²) in [5, 5.41) is 12.7. The van der Waals surface area contributed by atoms with Crippen molar-refractivity contribution in [3.8, 4) is 0 Å². The van der Waals surface area contributed by atoms with Crippen molar-refractivity contribution in [2.24, 2.45) is 0 Å². The van der Waals surface area contributed by atoms with Crippen LogP contribution in [0.4, 0.5) is 13.2 Å². The van der Waals surface area contributed by atoms with Gasteiger partial charge in [-0.15, -0.1) is 0 Å². The van der Waals surface area contributed by atoms with Crippen LogP contribution in [0.1, 0.15) is 43.5 Å². The lowest BCUT2D eigenvalue weighted by Gasteiger charge is -2.18. The summed E-state index contributed by atoms with van der Waals surface area (Å²) >= 11 is 0. The van der Waals surface area contributed by atoms with Crippen LogP contribution in [-0.2, 0) is 4.74 Å². The lowest BCUT2D eigenvalue weighted by molar-refractivity contribution is -0.210.